The molecule has 5 atom stereocenters. The maximum absolute atomic E-state index is 11.9. The largest absolute Gasteiger partial charge is 0.466 e. The van der Waals surface area contributed by atoms with Crippen molar-refractivity contribution < 1.29 is 28.5 Å². The lowest BCUT2D eigenvalue weighted by Gasteiger charge is -2.23. The second-order valence-corrected chi connectivity index (χ2v) is 5.71. The zero-order valence-corrected chi connectivity index (χ0v) is 11.7. The van der Waals surface area contributed by atoms with Gasteiger partial charge in [-0.25, -0.2) is 0 Å². The van der Waals surface area contributed by atoms with Gasteiger partial charge in [-0.05, 0) is 27.2 Å². The lowest BCUT2D eigenvalue weighted by molar-refractivity contribution is -0.235. The Morgan fingerprint density at radius 2 is 2.05 bits per heavy atom. The van der Waals surface area contributed by atoms with Gasteiger partial charge in [0.15, 0.2) is 12.1 Å². The summed E-state index contributed by atoms with van der Waals surface area (Å²) in [5.74, 6) is -1.19. The van der Waals surface area contributed by atoms with Crippen LogP contribution in [0.1, 0.15) is 27.2 Å². The van der Waals surface area contributed by atoms with Crippen LogP contribution >= 0.6 is 0 Å². The standard InChI is InChI=1S/C13H20O6/c1-5-16-10(14)7-6-13(7)9-8(11(15-4)19-13)17-12(2,3)18-9/h7-9,11H,5-6H2,1-4H3/t7-,8-,9+,11-,13-/m1/s1. The van der Waals surface area contributed by atoms with Crippen LogP contribution in [0.3, 0.4) is 0 Å². The average Bonchev–Trinajstić information content (AvgIpc) is 2.89. The van der Waals surface area contributed by atoms with Crippen molar-refractivity contribution in [2.75, 3.05) is 13.7 Å². The molecule has 0 unspecified atom stereocenters. The number of carbonyl (C=O) groups is 1. The zero-order valence-electron chi connectivity index (χ0n) is 11.7. The molecule has 6 heteroatoms. The van der Waals surface area contributed by atoms with Crippen LogP contribution in [-0.4, -0.2) is 49.6 Å². The number of rotatable bonds is 3. The molecule has 3 fully saturated rings. The highest BCUT2D eigenvalue weighted by atomic mass is 16.8. The molecular weight excluding hydrogens is 252 g/mol. The predicted molar refractivity (Wildman–Crippen MR) is 63.2 cm³/mol. The van der Waals surface area contributed by atoms with Gasteiger partial charge >= 0.3 is 5.97 Å². The number of esters is 1. The van der Waals surface area contributed by atoms with E-state index in [0.717, 1.165) is 0 Å². The fourth-order valence-electron chi connectivity index (χ4n) is 3.13. The zero-order chi connectivity index (χ0) is 13.8. The Balaban J connectivity index is 1.79. The van der Waals surface area contributed by atoms with Gasteiger partial charge in [0, 0.05) is 7.11 Å². The van der Waals surface area contributed by atoms with Gasteiger partial charge in [-0.2, -0.15) is 0 Å². The summed E-state index contributed by atoms with van der Waals surface area (Å²) < 4.78 is 28.0. The Hall–Kier alpha value is -0.690. The van der Waals surface area contributed by atoms with Gasteiger partial charge in [0.05, 0.1) is 12.5 Å². The topological polar surface area (TPSA) is 63.2 Å². The average molecular weight is 272 g/mol. The fourth-order valence-corrected chi connectivity index (χ4v) is 3.13. The molecule has 2 saturated heterocycles. The molecular formula is C13H20O6. The van der Waals surface area contributed by atoms with E-state index in [1.54, 1.807) is 14.0 Å². The van der Waals surface area contributed by atoms with Gasteiger partial charge in [0.25, 0.3) is 0 Å². The molecule has 3 rings (SSSR count). The summed E-state index contributed by atoms with van der Waals surface area (Å²) in [6.07, 6.45) is -0.459. The summed E-state index contributed by atoms with van der Waals surface area (Å²) in [6, 6.07) is 0. The Morgan fingerprint density at radius 3 is 2.68 bits per heavy atom. The molecule has 3 aliphatic rings. The lowest BCUT2D eigenvalue weighted by Crippen LogP contribution is -2.34. The van der Waals surface area contributed by atoms with Crippen LogP contribution in [0.5, 0.6) is 0 Å². The quantitative estimate of drug-likeness (QED) is 0.709. The third-order valence-corrected chi connectivity index (χ3v) is 3.97. The molecule has 6 nitrogen and oxygen atoms in total. The third-order valence-electron chi connectivity index (χ3n) is 3.97. The van der Waals surface area contributed by atoms with Crippen LogP contribution in [0.15, 0.2) is 0 Å². The van der Waals surface area contributed by atoms with Crippen LogP contribution in [0.2, 0.25) is 0 Å². The molecule has 0 aromatic rings. The van der Waals surface area contributed by atoms with Gasteiger partial charge < -0.3 is 23.7 Å². The van der Waals surface area contributed by atoms with Crippen molar-refractivity contribution in [3.05, 3.63) is 0 Å². The second-order valence-electron chi connectivity index (χ2n) is 5.71. The van der Waals surface area contributed by atoms with E-state index < -0.39 is 17.7 Å². The monoisotopic (exact) mass is 272 g/mol. The molecule has 1 spiro atoms. The van der Waals surface area contributed by atoms with Crippen molar-refractivity contribution in [3.8, 4) is 0 Å². The summed E-state index contributed by atoms with van der Waals surface area (Å²) in [4.78, 5) is 11.9. The predicted octanol–water partition coefficient (Wildman–Crippen LogP) is 0.831. The van der Waals surface area contributed by atoms with E-state index in [1.165, 1.54) is 0 Å². The van der Waals surface area contributed by atoms with Gasteiger partial charge in [-0.3, -0.25) is 4.79 Å². The van der Waals surface area contributed by atoms with Gasteiger partial charge in [-0.1, -0.05) is 0 Å². The van der Waals surface area contributed by atoms with Gasteiger partial charge in [0.1, 0.15) is 17.8 Å². The molecule has 0 N–H and O–H groups in total. The molecule has 2 heterocycles. The molecule has 1 aliphatic carbocycles. The summed E-state index contributed by atoms with van der Waals surface area (Å²) in [5.41, 5.74) is -0.634. The number of hydrogen-bond donors (Lipinski definition) is 0. The summed E-state index contributed by atoms with van der Waals surface area (Å²) in [7, 11) is 1.57. The molecule has 108 valence electrons. The van der Waals surface area contributed by atoms with E-state index in [9.17, 15) is 4.79 Å². The Kier molecular flexibility index (Phi) is 2.91. The highest BCUT2D eigenvalue weighted by Gasteiger charge is 2.76. The van der Waals surface area contributed by atoms with Crippen LogP contribution in [0.4, 0.5) is 0 Å². The Bertz CT molecular complexity index is 395. The first-order valence-electron chi connectivity index (χ1n) is 6.66. The van der Waals surface area contributed by atoms with Crippen LogP contribution in [0.25, 0.3) is 0 Å². The van der Waals surface area contributed by atoms with Crippen molar-refractivity contribution in [3.63, 3.8) is 0 Å². The Labute approximate surface area is 112 Å². The van der Waals surface area contributed by atoms with Gasteiger partial charge in [-0.15, -0.1) is 0 Å². The van der Waals surface area contributed by atoms with E-state index in [0.29, 0.717) is 13.0 Å². The van der Waals surface area contributed by atoms with Crippen LogP contribution in [0, 0.1) is 5.92 Å². The molecule has 19 heavy (non-hydrogen) atoms. The molecule has 0 bridgehead atoms. The fraction of sp³-hybridized carbons (Fsp3) is 0.923. The second kappa shape index (κ2) is 4.15. The van der Waals surface area contributed by atoms with E-state index in [2.05, 4.69) is 0 Å². The molecule has 0 radical (unpaired) electrons. The number of methoxy groups -OCH3 is 1. The number of carbonyl (C=O) groups excluding carboxylic acids is 1. The Morgan fingerprint density at radius 1 is 1.32 bits per heavy atom. The van der Waals surface area contributed by atoms with Crippen molar-refractivity contribution in [2.24, 2.45) is 5.92 Å². The minimum Gasteiger partial charge on any atom is -0.466 e. The SMILES string of the molecule is CCOC(=O)[C@H]1C[C@@]12O[C@@H](OC)[C@@H]1OC(C)(C)O[C@@H]12. The van der Waals surface area contributed by atoms with E-state index in [4.69, 9.17) is 23.7 Å². The van der Waals surface area contributed by atoms with Crippen LogP contribution < -0.4 is 0 Å². The maximum Gasteiger partial charge on any atom is 0.312 e. The first-order chi connectivity index (χ1) is 8.93. The van der Waals surface area contributed by atoms with Gasteiger partial charge in [0.2, 0.25) is 0 Å². The van der Waals surface area contributed by atoms with E-state index in [1.807, 2.05) is 13.8 Å². The third kappa shape index (κ3) is 1.89. The smallest absolute Gasteiger partial charge is 0.312 e. The summed E-state index contributed by atoms with van der Waals surface area (Å²) in [5, 5.41) is 0. The summed E-state index contributed by atoms with van der Waals surface area (Å²) >= 11 is 0. The van der Waals surface area contributed by atoms with Crippen molar-refractivity contribution >= 4 is 5.97 Å². The molecule has 0 amide bonds. The molecule has 0 aromatic heterocycles. The lowest BCUT2D eigenvalue weighted by atomic mass is 10.1. The number of ether oxygens (including phenoxy) is 5. The highest BCUT2D eigenvalue weighted by molar-refractivity contribution is 5.78. The number of hydrogen-bond acceptors (Lipinski definition) is 6. The maximum atomic E-state index is 11.9. The number of fused-ring (bicyclic) bond motifs is 2. The van der Waals surface area contributed by atoms with E-state index in [-0.39, 0.29) is 24.1 Å². The highest BCUT2D eigenvalue weighted by Crippen LogP contribution is 2.60. The first kappa shape index (κ1) is 13.3. The van der Waals surface area contributed by atoms with Crippen LogP contribution in [-0.2, 0) is 28.5 Å². The molecule has 0 aromatic carbocycles. The van der Waals surface area contributed by atoms with Crippen molar-refractivity contribution in [2.45, 2.75) is 57.1 Å². The van der Waals surface area contributed by atoms with E-state index >= 15 is 0 Å². The summed E-state index contributed by atoms with van der Waals surface area (Å²) in [6.45, 7) is 5.87. The van der Waals surface area contributed by atoms with Crippen molar-refractivity contribution in [1.29, 1.82) is 0 Å². The normalized spacial score (nSPS) is 46.3. The molecule has 2 aliphatic heterocycles. The molecule has 1 saturated carbocycles. The minimum absolute atomic E-state index is 0.230. The van der Waals surface area contributed by atoms with Crippen molar-refractivity contribution in [1.82, 2.24) is 0 Å². The minimum atomic E-state index is -0.676. The first-order valence-corrected chi connectivity index (χ1v) is 6.66.